The van der Waals surface area contributed by atoms with Crippen LogP contribution in [-0.4, -0.2) is 27.1 Å². The lowest BCUT2D eigenvalue weighted by Crippen LogP contribution is -2.37. The van der Waals surface area contributed by atoms with Gasteiger partial charge in [-0.2, -0.15) is 13.2 Å². The number of hydrogen-bond acceptors (Lipinski definition) is 3. The van der Waals surface area contributed by atoms with E-state index in [1.54, 1.807) is 12.1 Å². The molecule has 0 aliphatic heterocycles. The van der Waals surface area contributed by atoms with Crippen molar-refractivity contribution in [2.45, 2.75) is 32.4 Å². The van der Waals surface area contributed by atoms with Gasteiger partial charge in [0.15, 0.2) is 0 Å². The Kier molecular flexibility index (Phi) is 7.29. The number of rotatable bonds is 8. The maximum Gasteiger partial charge on any atom is 0.416 e. The Hall–Kier alpha value is -2.55. The molecule has 0 aliphatic carbocycles. The average molecular weight is 428 g/mol. The first-order valence-electron chi connectivity index (χ1n) is 9.04. The van der Waals surface area contributed by atoms with Gasteiger partial charge in [0.2, 0.25) is 15.9 Å². The zero-order chi connectivity index (χ0) is 21.7. The van der Waals surface area contributed by atoms with Crippen molar-refractivity contribution >= 4 is 27.3 Å². The number of hydrogen-bond donors (Lipinski definition) is 1. The molecule has 0 aliphatic rings. The number of nitrogens with one attached hydrogen (secondary N) is 1. The molecule has 0 aromatic heterocycles. The molecule has 9 heteroatoms. The third-order valence-corrected chi connectivity index (χ3v) is 5.35. The van der Waals surface area contributed by atoms with E-state index in [1.165, 1.54) is 6.07 Å². The molecule has 29 heavy (non-hydrogen) atoms. The van der Waals surface area contributed by atoms with Gasteiger partial charge in [0.05, 0.1) is 17.5 Å². The minimum Gasteiger partial charge on any atom is -0.325 e. The van der Waals surface area contributed by atoms with Crippen LogP contribution in [0.5, 0.6) is 0 Å². The molecule has 2 rings (SSSR count). The number of alkyl halides is 3. The summed E-state index contributed by atoms with van der Waals surface area (Å²) in [5.41, 5.74) is 0.374. The SMILES string of the molecule is CCCCc1ccc(NC(=O)CN(c2cccc(C(F)(F)F)c2)S(C)(=O)=O)cc1. The highest BCUT2D eigenvalue weighted by Gasteiger charge is 2.32. The molecule has 5 nitrogen and oxygen atoms in total. The van der Waals surface area contributed by atoms with Gasteiger partial charge < -0.3 is 5.32 Å². The van der Waals surface area contributed by atoms with Crippen LogP contribution in [0.4, 0.5) is 24.5 Å². The van der Waals surface area contributed by atoms with E-state index in [0.29, 0.717) is 16.1 Å². The maximum absolute atomic E-state index is 12.9. The molecule has 0 unspecified atom stereocenters. The summed E-state index contributed by atoms with van der Waals surface area (Å²) in [7, 11) is -3.98. The molecule has 158 valence electrons. The van der Waals surface area contributed by atoms with Crippen LogP contribution in [-0.2, 0) is 27.4 Å². The summed E-state index contributed by atoms with van der Waals surface area (Å²) in [5, 5.41) is 2.58. The summed E-state index contributed by atoms with van der Waals surface area (Å²) in [6.45, 7) is 1.45. The van der Waals surface area contributed by atoms with E-state index in [9.17, 15) is 26.4 Å². The van der Waals surface area contributed by atoms with Gasteiger partial charge in [0, 0.05) is 5.69 Å². The second kappa shape index (κ2) is 9.30. The minimum absolute atomic E-state index is 0.229. The quantitative estimate of drug-likeness (QED) is 0.675. The number of anilines is 2. The number of carbonyl (C=O) groups excluding carboxylic acids is 1. The third-order valence-electron chi connectivity index (χ3n) is 4.21. The van der Waals surface area contributed by atoms with Gasteiger partial charge in [0.25, 0.3) is 0 Å². The lowest BCUT2D eigenvalue weighted by Gasteiger charge is -2.22. The lowest BCUT2D eigenvalue weighted by molar-refractivity contribution is -0.137. The first kappa shape index (κ1) is 22.7. The molecule has 0 atom stereocenters. The van der Waals surface area contributed by atoms with Crippen molar-refractivity contribution in [3.05, 3.63) is 59.7 Å². The summed E-state index contributed by atoms with van der Waals surface area (Å²) in [6, 6.07) is 11.0. The Morgan fingerprint density at radius 1 is 1.10 bits per heavy atom. The Balaban J connectivity index is 2.16. The first-order valence-corrected chi connectivity index (χ1v) is 10.9. The molecule has 0 fully saturated rings. The van der Waals surface area contributed by atoms with E-state index in [0.717, 1.165) is 43.2 Å². The fraction of sp³-hybridized carbons (Fsp3) is 0.350. The number of amides is 1. The molecule has 0 radical (unpaired) electrons. The number of unbranched alkanes of at least 4 members (excludes halogenated alkanes) is 1. The van der Waals surface area contributed by atoms with Gasteiger partial charge in [-0.1, -0.05) is 31.5 Å². The highest BCUT2D eigenvalue weighted by Crippen LogP contribution is 2.32. The molecule has 0 saturated carbocycles. The van der Waals surface area contributed by atoms with E-state index in [4.69, 9.17) is 0 Å². The van der Waals surface area contributed by atoms with Gasteiger partial charge in [-0.05, 0) is 48.7 Å². The molecular formula is C20H23F3N2O3S. The van der Waals surface area contributed by atoms with Crippen LogP contribution >= 0.6 is 0 Å². The third kappa shape index (κ3) is 6.77. The summed E-state index contributed by atoms with van der Waals surface area (Å²) >= 11 is 0. The largest absolute Gasteiger partial charge is 0.416 e. The Labute approximate surface area is 168 Å². The van der Waals surface area contributed by atoms with E-state index >= 15 is 0 Å². The summed E-state index contributed by atoms with van der Waals surface area (Å²) < 4.78 is 63.6. The van der Waals surface area contributed by atoms with E-state index in [-0.39, 0.29) is 5.69 Å². The van der Waals surface area contributed by atoms with Gasteiger partial charge in [-0.15, -0.1) is 0 Å². The summed E-state index contributed by atoms with van der Waals surface area (Å²) in [4.78, 5) is 12.3. The number of aryl methyl sites for hydroxylation is 1. The second-order valence-electron chi connectivity index (χ2n) is 6.67. The second-order valence-corrected chi connectivity index (χ2v) is 8.57. The predicted molar refractivity (Wildman–Crippen MR) is 107 cm³/mol. The van der Waals surface area contributed by atoms with Crippen LogP contribution in [0.25, 0.3) is 0 Å². The number of carbonyl (C=O) groups is 1. The molecule has 2 aromatic rings. The minimum atomic E-state index is -4.62. The Morgan fingerprint density at radius 2 is 1.76 bits per heavy atom. The van der Waals surface area contributed by atoms with Gasteiger partial charge >= 0.3 is 6.18 Å². The molecule has 0 spiro atoms. The highest BCUT2D eigenvalue weighted by molar-refractivity contribution is 7.92. The summed E-state index contributed by atoms with van der Waals surface area (Å²) in [6.07, 6.45) is -0.756. The van der Waals surface area contributed by atoms with E-state index < -0.39 is 34.2 Å². The van der Waals surface area contributed by atoms with Crippen LogP contribution in [0.2, 0.25) is 0 Å². The van der Waals surface area contributed by atoms with Crippen LogP contribution < -0.4 is 9.62 Å². The van der Waals surface area contributed by atoms with Crippen molar-refractivity contribution < 1.29 is 26.4 Å². The van der Waals surface area contributed by atoms with Crippen LogP contribution in [0.1, 0.15) is 30.9 Å². The highest BCUT2D eigenvalue weighted by atomic mass is 32.2. The zero-order valence-corrected chi connectivity index (χ0v) is 17.0. The fourth-order valence-corrected chi connectivity index (χ4v) is 3.55. The topological polar surface area (TPSA) is 66.5 Å². The van der Waals surface area contributed by atoms with Crippen molar-refractivity contribution in [1.82, 2.24) is 0 Å². The molecule has 0 saturated heterocycles. The van der Waals surface area contributed by atoms with Gasteiger partial charge in [-0.25, -0.2) is 8.42 Å². The molecular weight excluding hydrogens is 405 g/mol. The Bertz CT molecular complexity index is 942. The van der Waals surface area contributed by atoms with Crippen LogP contribution in [0, 0.1) is 0 Å². The smallest absolute Gasteiger partial charge is 0.325 e. The molecule has 1 N–H and O–H groups in total. The van der Waals surface area contributed by atoms with Crippen molar-refractivity contribution in [3.63, 3.8) is 0 Å². The molecule has 1 amide bonds. The standard InChI is InChI=1S/C20H23F3N2O3S/c1-3-4-6-15-9-11-17(12-10-15)24-19(26)14-25(29(2,27)28)18-8-5-7-16(13-18)20(21,22)23/h5,7-13H,3-4,6,14H2,1-2H3,(H,24,26). The van der Waals surface area contributed by atoms with Crippen molar-refractivity contribution in [1.29, 1.82) is 0 Å². The van der Waals surface area contributed by atoms with Crippen molar-refractivity contribution in [3.8, 4) is 0 Å². The normalized spacial score (nSPS) is 11.9. The number of benzene rings is 2. The number of halogens is 3. The van der Waals surface area contributed by atoms with Crippen molar-refractivity contribution in [2.75, 3.05) is 22.4 Å². The van der Waals surface area contributed by atoms with Crippen LogP contribution in [0.3, 0.4) is 0 Å². The van der Waals surface area contributed by atoms with E-state index in [1.807, 2.05) is 12.1 Å². The number of sulfonamides is 1. The monoisotopic (exact) mass is 428 g/mol. The lowest BCUT2D eigenvalue weighted by atomic mass is 10.1. The maximum atomic E-state index is 12.9. The van der Waals surface area contributed by atoms with Gasteiger partial charge in [-0.3, -0.25) is 9.10 Å². The Morgan fingerprint density at radius 3 is 2.31 bits per heavy atom. The molecule has 0 heterocycles. The van der Waals surface area contributed by atoms with Crippen molar-refractivity contribution in [2.24, 2.45) is 0 Å². The van der Waals surface area contributed by atoms with Gasteiger partial charge in [0.1, 0.15) is 6.54 Å². The fourth-order valence-electron chi connectivity index (χ4n) is 2.70. The summed E-state index contributed by atoms with van der Waals surface area (Å²) in [5.74, 6) is -0.658. The van der Waals surface area contributed by atoms with E-state index in [2.05, 4.69) is 12.2 Å². The molecule has 0 bridgehead atoms. The van der Waals surface area contributed by atoms with Crippen LogP contribution in [0.15, 0.2) is 48.5 Å². The zero-order valence-electron chi connectivity index (χ0n) is 16.2. The average Bonchev–Trinajstić information content (AvgIpc) is 2.64. The number of nitrogens with zero attached hydrogens (tertiary/aromatic N) is 1. The predicted octanol–water partition coefficient (Wildman–Crippen LogP) is 4.45. The molecule has 2 aromatic carbocycles. The first-order chi connectivity index (χ1) is 13.5.